The third-order valence-electron chi connectivity index (χ3n) is 4.01. The highest BCUT2D eigenvalue weighted by Crippen LogP contribution is 2.38. The van der Waals surface area contributed by atoms with Crippen molar-refractivity contribution in [1.82, 2.24) is 20.1 Å². The van der Waals surface area contributed by atoms with Gasteiger partial charge in [-0.25, -0.2) is 4.98 Å². The Balaban J connectivity index is 1.81. The molecular formula is C14H19N5O2S. The summed E-state index contributed by atoms with van der Waals surface area (Å²) in [4.78, 5) is 17.1. The molecule has 2 aromatic heterocycles. The SMILES string of the molecule is Cc1nc(N)sc1C(=O)N[C@@H](c1cnn(C)c1)C1CC(O)C1. The molecule has 1 fully saturated rings. The van der Waals surface area contributed by atoms with Crippen LogP contribution in [0.25, 0.3) is 0 Å². The molecule has 0 aliphatic heterocycles. The minimum atomic E-state index is -0.276. The van der Waals surface area contributed by atoms with E-state index in [9.17, 15) is 9.90 Å². The molecule has 1 amide bonds. The quantitative estimate of drug-likeness (QED) is 0.779. The maximum absolute atomic E-state index is 12.5. The summed E-state index contributed by atoms with van der Waals surface area (Å²) in [6.07, 6.45) is 4.74. The number of amides is 1. The van der Waals surface area contributed by atoms with Gasteiger partial charge in [0.2, 0.25) is 0 Å². The molecule has 2 heterocycles. The predicted octanol–water partition coefficient (Wildman–Crippen LogP) is 1.01. The zero-order valence-electron chi connectivity index (χ0n) is 12.5. The van der Waals surface area contributed by atoms with Crippen molar-refractivity contribution in [3.05, 3.63) is 28.5 Å². The fraction of sp³-hybridized carbons (Fsp3) is 0.500. The zero-order chi connectivity index (χ0) is 15.9. The van der Waals surface area contributed by atoms with Gasteiger partial charge in [-0.05, 0) is 25.7 Å². The number of hydrogen-bond acceptors (Lipinski definition) is 6. The van der Waals surface area contributed by atoms with Crippen molar-refractivity contribution in [1.29, 1.82) is 0 Å². The van der Waals surface area contributed by atoms with Crippen LogP contribution in [0.5, 0.6) is 0 Å². The molecular weight excluding hydrogens is 302 g/mol. The van der Waals surface area contributed by atoms with Crippen LogP contribution in [0, 0.1) is 12.8 Å². The average molecular weight is 321 g/mol. The van der Waals surface area contributed by atoms with Gasteiger partial charge in [0.05, 0.1) is 24.0 Å². The summed E-state index contributed by atoms with van der Waals surface area (Å²) in [5.41, 5.74) is 7.24. The Bertz CT molecular complexity index is 689. The van der Waals surface area contributed by atoms with E-state index in [1.165, 1.54) is 11.3 Å². The van der Waals surface area contributed by atoms with Gasteiger partial charge >= 0.3 is 0 Å². The van der Waals surface area contributed by atoms with Crippen molar-refractivity contribution in [3.8, 4) is 0 Å². The van der Waals surface area contributed by atoms with E-state index in [4.69, 9.17) is 5.73 Å². The van der Waals surface area contributed by atoms with Gasteiger partial charge < -0.3 is 16.2 Å². The van der Waals surface area contributed by atoms with Crippen LogP contribution in [-0.2, 0) is 7.05 Å². The number of carbonyl (C=O) groups is 1. The van der Waals surface area contributed by atoms with Crippen molar-refractivity contribution >= 4 is 22.4 Å². The molecule has 0 spiro atoms. The molecule has 0 radical (unpaired) electrons. The number of aliphatic hydroxyl groups is 1. The first-order valence-electron chi connectivity index (χ1n) is 7.14. The maximum Gasteiger partial charge on any atom is 0.263 e. The lowest BCUT2D eigenvalue weighted by Crippen LogP contribution is -2.41. The highest BCUT2D eigenvalue weighted by Gasteiger charge is 2.36. The lowest BCUT2D eigenvalue weighted by atomic mass is 9.75. The standard InChI is InChI=1S/C14H19N5O2S/c1-7-12(22-14(15)17-7)13(21)18-11(8-3-10(20)4-8)9-5-16-19(2)6-9/h5-6,8,10-11,20H,3-4H2,1-2H3,(H2,15,17)(H,18,21)/t8?,10?,11-/m1/s1. The second kappa shape index (κ2) is 5.69. The normalized spacial score (nSPS) is 22.1. The maximum atomic E-state index is 12.5. The molecule has 0 bridgehead atoms. The van der Waals surface area contributed by atoms with E-state index in [1.54, 1.807) is 17.8 Å². The molecule has 4 N–H and O–H groups in total. The van der Waals surface area contributed by atoms with Crippen LogP contribution in [0.3, 0.4) is 0 Å². The van der Waals surface area contributed by atoms with Gasteiger partial charge in [0.15, 0.2) is 5.13 Å². The molecule has 0 saturated heterocycles. The molecule has 8 heteroatoms. The first-order valence-corrected chi connectivity index (χ1v) is 7.96. The topological polar surface area (TPSA) is 106 Å². The van der Waals surface area contributed by atoms with E-state index in [2.05, 4.69) is 15.4 Å². The van der Waals surface area contributed by atoms with E-state index in [-0.39, 0.29) is 24.0 Å². The summed E-state index contributed by atoms with van der Waals surface area (Å²) in [6.45, 7) is 1.77. The van der Waals surface area contributed by atoms with Gasteiger partial charge in [-0.2, -0.15) is 5.10 Å². The Kier molecular flexibility index (Phi) is 3.88. The van der Waals surface area contributed by atoms with Gasteiger partial charge in [-0.1, -0.05) is 11.3 Å². The van der Waals surface area contributed by atoms with Gasteiger partial charge in [-0.15, -0.1) is 0 Å². The predicted molar refractivity (Wildman–Crippen MR) is 83.4 cm³/mol. The second-order valence-corrected chi connectivity index (χ2v) is 6.78. The third-order valence-corrected chi connectivity index (χ3v) is 5.00. The first kappa shape index (κ1) is 15.0. The summed E-state index contributed by atoms with van der Waals surface area (Å²) < 4.78 is 1.71. The number of anilines is 1. The number of aryl methyl sites for hydroxylation is 2. The van der Waals surface area contributed by atoms with Crippen LogP contribution < -0.4 is 11.1 Å². The Morgan fingerprint density at radius 1 is 1.59 bits per heavy atom. The zero-order valence-corrected chi connectivity index (χ0v) is 13.3. The van der Waals surface area contributed by atoms with Crippen LogP contribution in [0.1, 0.15) is 39.8 Å². The minimum Gasteiger partial charge on any atom is -0.393 e. The van der Waals surface area contributed by atoms with Gasteiger partial charge in [0.1, 0.15) is 4.88 Å². The number of aliphatic hydroxyl groups excluding tert-OH is 1. The van der Waals surface area contributed by atoms with Crippen LogP contribution in [-0.4, -0.2) is 31.9 Å². The van der Waals surface area contributed by atoms with E-state index in [0.717, 1.165) is 5.56 Å². The summed E-state index contributed by atoms with van der Waals surface area (Å²) in [6, 6.07) is -0.160. The van der Waals surface area contributed by atoms with Crippen molar-refractivity contribution in [2.45, 2.75) is 31.9 Å². The number of thiazole rings is 1. The van der Waals surface area contributed by atoms with Crippen molar-refractivity contribution < 1.29 is 9.90 Å². The number of hydrogen-bond donors (Lipinski definition) is 3. The minimum absolute atomic E-state index is 0.160. The van der Waals surface area contributed by atoms with Gasteiger partial charge in [-0.3, -0.25) is 9.48 Å². The van der Waals surface area contributed by atoms with Gasteiger partial charge in [0, 0.05) is 18.8 Å². The highest BCUT2D eigenvalue weighted by atomic mass is 32.1. The van der Waals surface area contributed by atoms with E-state index >= 15 is 0 Å². The van der Waals surface area contributed by atoms with E-state index in [1.807, 2.05) is 13.2 Å². The highest BCUT2D eigenvalue weighted by molar-refractivity contribution is 7.17. The molecule has 22 heavy (non-hydrogen) atoms. The number of nitrogens with zero attached hydrogens (tertiary/aromatic N) is 3. The lowest BCUT2D eigenvalue weighted by molar-refractivity contribution is 0.0235. The van der Waals surface area contributed by atoms with Gasteiger partial charge in [0.25, 0.3) is 5.91 Å². The molecule has 118 valence electrons. The Morgan fingerprint density at radius 2 is 2.32 bits per heavy atom. The molecule has 1 aliphatic carbocycles. The number of carbonyl (C=O) groups excluding carboxylic acids is 1. The number of nitrogens with one attached hydrogen (secondary N) is 1. The number of nitrogen functional groups attached to an aromatic ring is 1. The molecule has 1 saturated carbocycles. The lowest BCUT2D eigenvalue weighted by Gasteiger charge is -2.37. The molecule has 1 atom stereocenters. The van der Waals surface area contributed by atoms with E-state index < -0.39 is 0 Å². The van der Waals surface area contributed by atoms with Crippen LogP contribution in [0.4, 0.5) is 5.13 Å². The summed E-state index contributed by atoms with van der Waals surface area (Å²) >= 11 is 1.19. The molecule has 1 aliphatic rings. The molecule has 2 aromatic rings. The number of nitrogens with two attached hydrogens (primary N) is 1. The summed E-state index contributed by atoms with van der Waals surface area (Å²) in [5, 5.41) is 17.2. The van der Waals surface area contributed by atoms with E-state index in [0.29, 0.717) is 28.5 Å². The molecule has 0 aromatic carbocycles. The Labute approximate surface area is 132 Å². The second-order valence-electron chi connectivity index (χ2n) is 5.75. The molecule has 3 rings (SSSR count). The van der Waals surface area contributed by atoms with Crippen molar-refractivity contribution in [3.63, 3.8) is 0 Å². The van der Waals surface area contributed by atoms with Crippen molar-refractivity contribution in [2.75, 3.05) is 5.73 Å². The summed E-state index contributed by atoms with van der Waals surface area (Å²) in [5.74, 6) is 0.0377. The number of rotatable bonds is 4. The third kappa shape index (κ3) is 2.84. The first-order chi connectivity index (χ1) is 10.4. The summed E-state index contributed by atoms with van der Waals surface area (Å²) in [7, 11) is 1.84. The van der Waals surface area contributed by atoms with Crippen LogP contribution in [0.15, 0.2) is 12.4 Å². The van der Waals surface area contributed by atoms with Crippen LogP contribution >= 0.6 is 11.3 Å². The smallest absolute Gasteiger partial charge is 0.263 e. The fourth-order valence-corrected chi connectivity index (χ4v) is 3.55. The largest absolute Gasteiger partial charge is 0.393 e. The molecule has 7 nitrogen and oxygen atoms in total. The van der Waals surface area contributed by atoms with Crippen molar-refractivity contribution in [2.24, 2.45) is 13.0 Å². The fourth-order valence-electron chi connectivity index (χ4n) is 2.81. The number of aromatic nitrogens is 3. The molecule has 0 unspecified atom stereocenters. The monoisotopic (exact) mass is 321 g/mol. The Hall–Kier alpha value is -1.93. The van der Waals surface area contributed by atoms with Crippen LogP contribution in [0.2, 0.25) is 0 Å². The average Bonchev–Trinajstić information content (AvgIpc) is 2.98. The Morgan fingerprint density at radius 3 is 2.82 bits per heavy atom.